The third kappa shape index (κ3) is 6.72. The number of nitriles is 1. The van der Waals surface area contributed by atoms with E-state index >= 15 is 0 Å². The summed E-state index contributed by atoms with van der Waals surface area (Å²) in [5, 5.41) is 15.1. The molecule has 0 unspecified atom stereocenters. The van der Waals surface area contributed by atoms with Gasteiger partial charge in [0.1, 0.15) is 0 Å². The van der Waals surface area contributed by atoms with E-state index in [-0.39, 0.29) is 0 Å². The van der Waals surface area contributed by atoms with E-state index in [9.17, 15) is 5.26 Å². The second kappa shape index (κ2) is 16.7. The van der Waals surface area contributed by atoms with Gasteiger partial charge in [-0.2, -0.15) is 5.26 Å². The van der Waals surface area contributed by atoms with Gasteiger partial charge in [0.15, 0.2) is 5.69 Å². The number of fused-ring (bicyclic) bond motifs is 6. The van der Waals surface area contributed by atoms with Crippen molar-refractivity contribution in [3.8, 4) is 28.6 Å². The Morgan fingerprint density at radius 3 is 1.16 bits per heavy atom. The number of aromatic nitrogens is 2. The third-order valence-corrected chi connectivity index (χ3v) is 12.9. The Balaban J connectivity index is 1.01. The van der Waals surface area contributed by atoms with Crippen LogP contribution in [0.5, 0.6) is 0 Å². The van der Waals surface area contributed by atoms with E-state index in [1.165, 1.54) is 0 Å². The maximum absolute atomic E-state index is 10.7. The highest BCUT2D eigenvalue weighted by Crippen LogP contribution is 2.44. The van der Waals surface area contributed by atoms with Crippen LogP contribution >= 0.6 is 0 Å². The Hall–Kier alpha value is -9.62. The normalized spacial score (nSPS) is 11.2. The van der Waals surface area contributed by atoms with E-state index in [0.717, 1.165) is 89.1 Å². The molecular formula is C62H40N6. The lowest BCUT2D eigenvalue weighted by atomic mass is 9.97. The van der Waals surface area contributed by atoms with Gasteiger partial charge < -0.3 is 18.9 Å². The van der Waals surface area contributed by atoms with Gasteiger partial charge in [-0.3, -0.25) is 0 Å². The van der Waals surface area contributed by atoms with Crippen LogP contribution in [-0.2, 0) is 0 Å². The summed E-state index contributed by atoms with van der Waals surface area (Å²) in [7, 11) is 0. The van der Waals surface area contributed by atoms with Gasteiger partial charge in [-0.05, 0) is 139 Å². The maximum atomic E-state index is 10.7. The summed E-state index contributed by atoms with van der Waals surface area (Å²) in [5.74, 6) is 0. The van der Waals surface area contributed by atoms with Crippen molar-refractivity contribution in [2.24, 2.45) is 0 Å². The molecule has 0 aliphatic rings. The Kier molecular flexibility index (Phi) is 9.83. The number of hydrogen-bond acceptors (Lipinski definition) is 3. The predicted molar refractivity (Wildman–Crippen MR) is 281 cm³/mol. The number of hydrogen-bond donors (Lipinski definition) is 0. The zero-order valence-corrected chi connectivity index (χ0v) is 36.8. The first kappa shape index (κ1) is 39.9. The number of rotatable bonds is 9. The summed E-state index contributed by atoms with van der Waals surface area (Å²) < 4.78 is 4.55. The maximum Gasteiger partial charge on any atom is 0.195 e. The molecule has 10 aromatic carbocycles. The van der Waals surface area contributed by atoms with Crippen molar-refractivity contribution in [2.45, 2.75) is 0 Å². The van der Waals surface area contributed by atoms with Gasteiger partial charge >= 0.3 is 0 Å². The van der Waals surface area contributed by atoms with Gasteiger partial charge in [-0.25, -0.2) is 4.85 Å². The molecule has 0 saturated heterocycles. The molecule has 0 fully saturated rings. The van der Waals surface area contributed by atoms with Crippen LogP contribution in [0.1, 0.15) is 5.56 Å². The number of para-hydroxylation sites is 6. The summed E-state index contributed by atoms with van der Waals surface area (Å²) in [5.41, 5.74) is 14.7. The van der Waals surface area contributed by atoms with Crippen molar-refractivity contribution in [2.75, 3.05) is 9.80 Å². The van der Waals surface area contributed by atoms with Gasteiger partial charge in [0.2, 0.25) is 0 Å². The van der Waals surface area contributed by atoms with Gasteiger partial charge in [-0.15, -0.1) is 0 Å². The third-order valence-electron chi connectivity index (χ3n) is 12.9. The SMILES string of the molecule is [C-]#[N+]c1ccc(-n2c3ccccc3c3cc(N(c4ccccc4)c4ccccc4)ccc32)cc1-c1cc(-n2c3ccccc3c3cc(N(c4ccccc4)c4ccccc4)ccc32)ccc1C#N. The summed E-state index contributed by atoms with van der Waals surface area (Å²) >= 11 is 0. The molecule has 0 radical (unpaired) electrons. The van der Waals surface area contributed by atoms with E-state index in [4.69, 9.17) is 6.57 Å². The van der Waals surface area contributed by atoms with Crippen LogP contribution in [0.25, 0.3) is 71.0 Å². The molecule has 0 amide bonds. The average molecular weight is 869 g/mol. The average Bonchev–Trinajstić information content (AvgIpc) is 3.92. The van der Waals surface area contributed by atoms with Gasteiger partial charge in [0.25, 0.3) is 0 Å². The fourth-order valence-corrected chi connectivity index (χ4v) is 9.93. The molecule has 12 aromatic rings. The van der Waals surface area contributed by atoms with Crippen molar-refractivity contribution < 1.29 is 0 Å². The first-order valence-corrected chi connectivity index (χ1v) is 22.6. The minimum Gasteiger partial charge on any atom is -0.310 e. The second-order valence-electron chi connectivity index (χ2n) is 16.8. The molecule has 2 heterocycles. The Morgan fingerprint density at radius 1 is 0.353 bits per heavy atom. The van der Waals surface area contributed by atoms with Crippen LogP contribution in [-0.4, -0.2) is 9.13 Å². The molecular weight excluding hydrogens is 829 g/mol. The first-order valence-electron chi connectivity index (χ1n) is 22.6. The highest BCUT2D eigenvalue weighted by molar-refractivity contribution is 6.12. The highest BCUT2D eigenvalue weighted by atomic mass is 15.1. The lowest BCUT2D eigenvalue weighted by molar-refractivity contribution is 1.17. The van der Waals surface area contributed by atoms with E-state index in [0.29, 0.717) is 22.4 Å². The zero-order chi connectivity index (χ0) is 45.6. The van der Waals surface area contributed by atoms with Crippen LogP contribution in [0, 0.1) is 17.9 Å². The fraction of sp³-hybridized carbons (Fsp3) is 0. The molecule has 0 N–H and O–H groups in total. The Labute approximate surface area is 394 Å². The number of anilines is 6. The minimum absolute atomic E-state index is 0.473. The van der Waals surface area contributed by atoms with Crippen LogP contribution in [0.3, 0.4) is 0 Å². The van der Waals surface area contributed by atoms with Gasteiger partial charge in [-0.1, -0.05) is 115 Å². The molecule has 0 saturated carbocycles. The summed E-state index contributed by atoms with van der Waals surface area (Å²) in [6.45, 7) is 8.38. The van der Waals surface area contributed by atoms with Crippen molar-refractivity contribution >= 4 is 83.4 Å². The standard InChI is InChI=1S/C62H40N6/c1-64-58-35-32-51(68-60-29-17-15-27-53(60)57-41-49(34-37-62(57)68)66(46-22-10-4-11-23-46)47-24-12-5-13-25-47)39-55(58)54-38-50(31-30-43(54)42-63)67-59-28-16-14-26-52(59)56-40-48(33-36-61(56)67)65(44-18-6-2-7-19-44)45-20-8-3-9-21-45/h2-41H. The zero-order valence-electron chi connectivity index (χ0n) is 36.8. The van der Waals surface area contributed by atoms with Crippen molar-refractivity contribution in [3.05, 3.63) is 260 Å². The molecule has 0 bridgehead atoms. The van der Waals surface area contributed by atoms with E-state index < -0.39 is 0 Å². The van der Waals surface area contributed by atoms with Gasteiger partial charge in [0.05, 0.1) is 40.3 Å². The Morgan fingerprint density at radius 2 is 0.735 bits per heavy atom. The first-order chi connectivity index (χ1) is 33.7. The van der Waals surface area contributed by atoms with Crippen LogP contribution in [0.15, 0.2) is 243 Å². The predicted octanol–water partition coefficient (Wildman–Crippen LogP) is 16.9. The van der Waals surface area contributed by atoms with E-state index in [2.05, 4.69) is 224 Å². The monoisotopic (exact) mass is 868 g/mol. The van der Waals surface area contributed by atoms with E-state index in [1.54, 1.807) is 0 Å². The van der Waals surface area contributed by atoms with Crippen LogP contribution in [0.4, 0.5) is 39.8 Å². The molecule has 12 rings (SSSR count). The molecule has 0 aliphatic heterocycles. The molecule has 6 nitrogen and oxygen atoms in total. The smallest absolute Gasteiger partial charge is 0.195 e. The number of benzene rings is 10. The molecule has 318 valence electrons. The van der Waals surface area contributed by atoms with E-state index in [1.807, 2.05) is 48.5 Å². The Bertz CT molecular complexity index is 3600. The molecule has 0 aliphatic carbocycles. The lowest BCUT2D eigenvalue weighted by Crippen LogP contribution is -2.09. The van der Waals surface area contributed by atoms with Gasteiger partial charge in [0, 0.05) is 67.0 Å². The lowest BCUT2D eigenvalue weighted by Gasteiger charge is -2.25. The summed E-state index contributed by atoms with van der Waals surface area (Å²) in [6.07, 6.45) is 0. The van der Waals surface area contributed by atoms with Crippen molar-refractivity contribution in [1.82, 2.24) is 9.13 Å². The topological polar surface area (TPSA) is 44.5 Å². The van der Waals surface area contributed by atoms with Crippen LogP contribution < -0.4 is 9.80 Å². The molecule has 6 heteroatoms. The second-order valence-corrected chi connectivity index (χ2v) is 16.8. The molecule has 0 spiro atoms. The molecule has 68 heavy (non-hydrogen) atoms. The van der Waals surface area contributed by atoms with Crippen molar-refractivity contribution in [3.63, 3.8) is 0 Å². The number of nitrogens with zero attached hydrogens (tertiary/aromatic N) is 6. The fourth-order valence-electron chi connectivity index (χ4n) is 9.93. The highest BCUT2D eigenvalue weighted by Gasteiger charge is 2.21. The largest absolute Gasteiger partial charge is 0.310 e. The molecule has 0 atom stereocenters. The minimum atomic E-state index is 0.473. The van der Waals surface area contributed by atoms with Crippen LogP contribution in [0.2, 0.25) is 0 Å². The quantitative estimate of drug-likeness (QED) is 0.136. The summed E-state index contributed by atoms with van der Waals surface area (Å²) in [6, 6.07) is 86.5. The molecule has 2 aromatic heterocycles. The summed E-state index contributed by atoms with van der Waals surface area (Å²) in [4.78, 5) is 8.61. The van der Waals surface area contributed by atoms with Crippen molar-refractivity contribution in [1.29, 1.82) is 5.26 Å².